The summed E-state index contributed by atoms with van der Waals surface area (Å²) in [5.74, 6) is 0.0183. The van der Waals surface area contributed by atoms with Crippen LogP contribution in [-0.4, -0.2) is 30.4 Å². The quantitative estimate of drug-likeness (QED) is 0.938. The van der Waals surface area contributed by atoms with Gasteiger partial charge in [0.1, 0.15) is 0 Å². The molecule has 0 spiro atoms. The van der Waals surface area contributed by atoms with Crippen LogP contribution < -0.4 is 5.73 Å². The summed E-state index contributed by atoms with van der Waals surface area (Å²) in [6, 6.07) is 13.7. The maximum absolute atomic E-state index is 12.4. The van der Waals surface area contributed by atoms with Crippen molar-refractivity contribution in [2.45, 2.75) is 13.0 Å². The van der Waals surface area contributed by atoms with E-state index in [2.05, 4.69) is 0 Å². The molecule has 0 saturated heterocycles. The van der Waals surface area contributed by atoms with Crippen molar-refractivity contribution < 1.29 is 4.79 Å². The zero-order valence-corrected chi connectivity index (χ0v) is 12.0. The molecule has 3 nitrogen and oxygen atoms in total. The second-order valence-corrected chi connectivity index (χ2v) is 4.53. The summed E-state index contributed by atoms with van der Waals surface area (Å²) in [5.41, 5.74) is 6.34. The Morgan fingerprint density at radius 3 is 2.53 bits per heavy atom. The van der Waals surface area contributed by atoms with Crippen molar-refractivity contribution in [2.24, 2.45) is 5.73 Å². The number of carbonyl (C=O) groups is 1. The normalized spacial score (nSPS) is 11.7. The predicted octanol–water partition coefficient (Wildman–Crippen LogP) is 2.68. The summed E-state index contributed by atoms with van der Waals surface area (Å²) >= 11 is 0. The van der Waals surface area contributed by atoms with Gasteiger partial charge in [-0.2, -0.15) is 0 Å². The summed E-state index contributed by atoms with van der Waals surface area (Å²) in [6.07, 6.45) is 0. The van der Waals surface area contributed by atoms with Gasteiger partial charge in [-0.25, -0.2) is 0 Å². The smallest absolute Gasteiger partial charge is 0.254 e. The average molecular weight is 279 g/mol. The third-order valence-electron chi connectivity index (χ3n) is 3.34. The molecule has 2 N–H and O–H groups in total. The van der Waals surface area contributed by atoms with Crippen LogP contribution in [0.1, 0.15) is 17.3 Å². The molecule has 4 heteroatoms. The SMILES string of the molecule is CC(CN)N(C)C(=O)c1cccc2ccccc12.Cl. The number of fused-ring (bicyclic) bond motifs is 1. The van der Waals surface area contributed by atoms with Crippen LogP contribution in [0.25, 0.3) is 10.8 Å². The van der Waals surface area contributed by atoms with Crippen LogP contribution in [0.3, 0.4) is 0 Å². The molecular weight excluding hydrogens is 260 g/mol. The first-order valence-corrected chi connectivity index (χ1v) is 6.10. The molecule has 0 radical (unpaired) electrons. The van der Waals surface area contributed by atoms with Crippen LogP contribution in [0.4, 0.5) is 0 Å². The van der Waals surface area contributed by atoms with Crippen molar-refractivity contribution in [3.05, 3.63) is 48.0 Å². The van der Waals surface area contributed by atoms with E-state index in [1.54, 1.807) is 11.9 Å². The minimum atomic E-state index is 0. The molecule has 19 heavy (non-hydrogen) atoms. The van der Waals surface area contributed by atoms with E-state index in [9.17, 15) is 4.79 Å². The Morgan fingerprint density at radius 1 is 1.21 bits per heavy atom. The highest BCUT2D eigenvalue weighted by Gasteiger charge is 2.17. The van der Waals surface area contributed by atoms with Gasteiger partial charge < -0.3 is 10.6 Å². The van der Waals surface area contributed by atoms with Gasteiger partial charge in [-0.15, -0.1) is 12.4 Å². The van der Waals surface area contributed by atoms with E-state index in [4.69, 9.17) is 5.73 Å². The summed E-state index contributed by atoms with van der Waals surface area (Å²) in [7, 11) is 1.79. The van der Waals surface area contributed by atoms with Gasteiger partial charge in [-0.05, 0) is 23.8 Å². The van der Waals surface area contributed by atoms with E-state index < -0.39 is 0 Å². The predicted molar refractivity (Wildman–Crippen MR) is 81.8 cm³/mol. The standard InChI is InChI=1S/C15H18N2O.ClH/c1-11(10-16)17(2)15(18)14-9-5-7-12-6-3-4-8-13(12)14;/h3-9,11H,10,16H2,1-2H3;1H. The van der Waals surface area contributed by atoms with E-state index in [1.165, 1.54) is 0 Å². The summed E-state index contributed by atoms with van der Waals surface area (Å²) in [5, 5.41) is 2.07. The van der Waals surface area contributed by atoms with Crippen molar-refractivity contribution in [1.82, 2.24) is 4.90 Å². The lowest BCUT2D eigenvalue weighted by Gasteiger charge is -2.24. The van der Waals surface area contributed by atoms with Crippen LogP contribution in [0.5, 0.6) is 0 Å². The lowest BCUT2D eigenvalue weighted by atomic mass is 10.0. The molecule has 2 aromatic rings. The number of halogens is 1. The van der Waals surface area contributed by atoms with Gasteiger partial charge in [-0.1, -0.05) is 36.4 Å². The van der Waals surface area contributed by atoms with E-state index >= 15 is 0 Å². The van der Waals surface area contributed by atoms with Crippen molar-refractivity contribution >= 4 is 29.1 Å². The minimum absolute atomic E-state index is 0. The van der Waals surface area contributed by atoms with Crippen LogP contribution >= 0.6 is 12.4 Å². The Balaban J connectivity index is 0.00000180. The van der Waals surface area contributed by atoms with Crippen LogP contribution in [0, 0.1) is 0 Å². The maximum atomic E-state index is 12.4. The van der Waals surface area contributed by atoms with Crippen molar-refractivity contribution in [3.8, 4) is 0 Å². The molecule has 0 saturated carbocycles. The fourth-order valence-corrected chi connectivity index (χ4v) is 1.96. The summed E-state index contributed by atoms with van der Waals surface area (Å²) in [6.45, 7) is 2.41. The molecule has 1 atom stereocenters. The lowest BCUT2D eigenvalue weighted by molar-refractivity contribution is 0.0750. The van der Waals surface area contributed by atoms with Gasteiger partial charge in [0.25, 0.3) is 5.91 Å². The minimum Gasteiger partial charge on any atom is -0.338 e. The van der Waals surface area contributed by atoms with Gasteiger partial charge in [0.05, 0.1) is 0 Å². The maximum Gasteiger partial charge on any atom is 0.254 e. The number of benzene rings is 2. The first kappa shape index (κ1) is 15.5. The van der Waals surface area contributed by atoms with Crippen LogP contribution in [0.2, 0.25) is 0 Å². The molecule has 0 aromatic heterocycles. The third-order valence-corrected chi connectivity index (χ3v) is 3.34. The number of likely N-dealkylation sites (N-methyl/N-ethyl adjacent to an activating group) is 1. The van der Waals surface area contributed by atoms with E-state index in [0.717, 1.165) is 16.3 Å². The zero-order chi connectivity index (χ0) is 13.1. The average Bonchev–Trinajstić information content (AvgIpc) is 2.44. The molecule has 2 rings (SSSR count). The number of hydrogen-bond donors (Lipinski definition) is 1. The molecule has 0 fully saturated rings. The Labute approximate surface area is 119 Å². The number of hydrogen-bond acceptors (Lipinski definition) is 2. The molecule has 0 aliphatic heterocycles. The summed E-state index contributed by atoms with van der Waals surface area (Å²) < 4.78 is 0. The van der Waals surface area contributed by atoms with Crippen LogP contribution in [0.15, 0.2) is 42.5 Å². The van der Waals surface area contributed by atoms with Gasteiger partial charge >= 0.3 is 0 Å². The Hall–Kier alpha value is -1.58. The molecule has 102 valence electrons. The second-order valence-electron chi connectivity index (χ2n) is 4.53. The number of carbonyl (C=O) groups excluding carboxylic acids is 1. The van der Waals surface area contributed by atoms with Gasteiger partial charge in [0.2, 0.25) is 0 Å². The van der Waals surface area contributed by atoms with Crippen LogP contribution in [-0.2, 0) is 0 Å². The number of rotatable bonds is 3. The molecule has 0 heterocycles. The summed E-state index contributed by atoms with van der Waals surface area (Å²) in [4.78, 5) is 14.1. The highest BCUT2D eigenvalue weighted by molar-refractivity contribution is 6.07. The topological polar surface area (TPSA) is 46.3 Å². The number of nitrogens with zero attached hydrogens (tertiary/aromatic N) is 1. The van der Waals surface area contributed by atoms with E-state index in [0.29, 0.717) is 6.54 Å². The monoisotopic (exact) mass is 278 g/mol. The molecule has 0 bridgehead atoms. The molecule has 1 unspecified atom stereocenters. The molecule has 0 aliphatic carbocycles. The Bertz CT molecular complexity index is 566. The fraction of sp³-hybridized carbons (Fsp3) is 0.267. The highest BCUT2D eigenvalue weighted by atomic mass is 35.5. The van der Waals surface area contributed by atoms with Gasteiger partial charge in [0.15, 0.2) is 0 Å². The Kier molecular flexibility index (Phi) is 5.33. The van der Waals surface area contributed by atoms with E-state index in [1.807, 2.05) is 49.4 Å². The molecule has 1 amide bonds. The highest BCUT2D eigenvalue weighted by Crippen LogP contribution is 2.20. The molecular formula is C15H19ClN2O. The molecule has 0 aliphatic rings. The first-order valence-electron chi connectivity index (χ1n) is 6.10. The zero-order valence-electron chi connectivity index (χ0n) is 11.2. The number of nitrogens with two attached hydrogens (primary N) is 1. The van der Waals surface area contributed by atoms with Crippen molar-refractivity contribution in [1.29, 1.82) is 0 Å². The fourth-order valence-electron chi connectivity index (χ4n) is 1.96. The third kappa shape index (κ3) is 3.06. The van der Waals surface area contributed by atoms with Gasteiger partial charge in [-0.3, -0.25) is 4.79 Å². The van der Waals surface area contributed by atoms with Crippen molar-refractivity contribution in [2.75, 3.05) is 13.6 Å². The molecule has 2 aromatic carbocycles. The number of amides is 1. The lowest BCUT2D eigenvalue weighted by Crippen LogP contribution is -2.39. The largest absolute Gasteiger partial charge is 0.338 e. The van der Waals surface area contributed by atoms with Gasteiger partial charge in [0, 0.05) is 25.2 Å². The van der Waals surface area contributed by atoms with Crippen molar-refractivity contribution in [3.63, 3.8) is 0 Å². The second kappa shape index (κ2) is 6.55. The van der Waals surface area contributed by atoms with E-state index in [-0.39, 0.29) is 24.4 Å². The Morgan fingerprint density at radius 2 is 1.84 bits per heavy atom. The first-order chi connectivity index (χ1) is 8.65.